The van der Waals surface area contributed by atoms with Crippen molar-refractivity contribution in [3.05, 3.63) is 29.6 Å². The summed E-state index contributed by atoms with van der Waals surface area (Å²) in [5, 5.41) is 9.04. The summed E-state index contributed by atoms with van der Waals surface area (Å²) in [6.07, 6.45) is 3.12. The SMILES string of the molecule is CCC(CSC)n1c(CCl)nc2ccc(C#N)cc21. The highest BCUT2D eigenvalue weighted by Gasteiger charge is 2.17. The zero-order chi connectivity index (χ0) is 13.8. The molecule has 1 atom stereocenters. The van der Waals surface area contributed by atoms with E-state index in [4.69, 9.17) is 16.9 Å². The summed E-state index contributed by atoms with van der Waals surface area (Å²) in [4.78, 5) is 4.57. The molecule has 2 aromatic rings. The molecular formula is C14H16ClN3S. The fourth-order valence-electron chi connectivity index (χ4n) is 2.28. The summed E-state index contributed by atoms with van der Waals surface area (Å²) in [5.41, 5.74) is 2.58. The number of fused-ring (bicyclic) bond motifs is 1. The Morgan fingerprint density at radius 2 is 2.32 bits per heavy atom. The maximum atomic E-state index is 9.04. The molecule has 1 unspecified atom stereocenters. The van der Waals surface area contributed by atoms with Gasteiger partial charge in [-0.1, -0.05) is 6.92 Å². The average molecular weight is 294 g/mol. The lowest BCUT2D eigenvalue weighted by Crippen LogP contribution is -2.13. The van der Waals surface area contributed by atoms with Crippen LogP contribution < -0.4 is 0 Å². The first-order chi connectivity index (χ1) is 9.24. The molecule has 5 heteroatoms. The molecule has 100 valence electrons. The molecule has 1 heterocycles. The van der Waals surface area contributed by atoms with E-state index in [2.05, 4.69) is 28.8 Å². The van der Waals surface area contributed by atoms with Crippen LogP contribution in [0.2, 0.25) is 0 Å². The van der Waals surface area contributed by atoms with Crippen LogP contribution in [0.1, 0.15) is 30.8 Å². The third-order valence-corrected chi connectivity index (χ3v) is 4.16. The largest absolute Gasteiger partial charge is 0.323 e. The zero-order valence-corrected chi connectivity index (χ0v) is 12.6. The van der Waals surface area contributed by atoms with Gasteiger partial charge in [0.15, 0.2) is 0 Å². The summed E-state index contributed by atoms with van der Waals surface area (Å²) in [7, 11) is 0. The van der Waals surface area contributed by atoms with Crippen LogP contribution >= 0.6 is 23.4 Å². The maximum absolute atomic E-state index is 9.04. The minimum Gasteiger partial charge on any atom is -0.323 e. The smallest absolute Gasteiger partial charge is 0.125 e. The van der Waals surface area contributed by atoms with Gasteiger partial charge >= 0.3 is 0 Å². The van der Waals surface area contributed by atoms with Crippen LogP contribution in [0.25, 0.3) is 11.0 Å². The molecule has 0 aliphatic rings. The molecule has 0 aliphatic heterocycles. The second-order valence-corrected chi connectivity index (χ2v) is 5.54. The van der Waals surface area contributed by atoms with Crippen LogP contribution in [-0.4, -0.2) is 21.6 Å². The Morgan fingerprint density at radius 3 is 2.89 bits per heavy atom. The third-order valence-electron chi connectivity index (χ3n) is 3.21. The van der Waals surface area contributed by atoms with Crippen molar-refractivity contribution in [2.45, 2.75) is 25.3 Å². The van der Waals surface area contributed by atoms with Crippen molar-refractivity contribution < 1.29 is 0 Å². The molecule has 0 amide bonds. The Labute approximate surface area is 122 Å². The van der Waals surface area contributed by atoms with Crippen molar-refractivity contribution in [3.8, 4) is 6.07 Å². The van der Waals surface area contributed by atoms with Gasteiger partial charge < -0.3 is 4.57 Å². The van der Waals surface area contributed by atoms with E-state index in [1.807, 2.05) is 23.9 Å². The Kier molecular flexibility index (Phi) is 4.73. The number of aromatic nitrogens is 2. The van der Waals surface area contributed by atoms with E-state index < -0.39 is 0 Å². The van der Waals surface area contributed by atoms with Crippen LogP contribution in [0.4, 0.5) is 0 Å². The number of nitrogens with zero attached hydrogens (tertiary/aromatic N) is 3. The van der Waals surface area contributed by atoms with Crippen molar-refractivity contribution in [1.29, 1.82) is 5.26 Å². The second-order valence-electron chi connectivity index (χ2n) is 4.36. The van der Waals surface area contributed by atoms with Gasteiger partial charge in [0.25, 0.3) is 0 Å². The van der Waals surface area contributed by atoms with Crippen LogP contribution in [0, 0.1) is 11.3 Å². The van der Waals surface area contributed by atoms with Gasteiger partial charge in [-0.3, -0.25) is 0 Å². The molecule has 0 aliphatic carbocycles. The minimum atomic E-state index is 0.364. The van der Waals surface area contributed by atoms with Gasteiger partial charge in [0.2, 0.25) is 0 Å². The van der Waals surface area contributed by atoms with Crippen LogP contribution in [-0.2, 0) is 5.88 Å². The summed E-state index contributed by atoms with van der Waals surface area (Å²) in [6, 6.07) is 8.14. The minimum absolute atomic E-state index is 0.364. The number of nitriles is 1. The van der Waals surface area contributed by atoms with Crippen LogP contribution in [0.15, 0.2) is 18.2 Å². The molecule has 0 saturated heterocycles. The Bertz CT molecular complexity index is 615. The fraction of sp³-hybridized carbons (Fsp3) is 0.429. The van der Waals surface area contributed by atoms with E-state index in [-0.39, 0.29) is 0 Å². The maximum Gasteiger partial charge on any atom is 0.125 e. The summed E-state index contributed by atoms with van der Waals surface area (Å²) in [6.45, 7) is 2.17. The molecule has 0 fully saturated rings. The number of hydrogen-bond acceptors (Lipinski definition) is 3. The number of alkyl halides is 1. The molecular weight excluding hydrogens is 278 g/mol. The molecule has 2 rings (SSSR count). The second kappa shape index (κ2) is 6.31. The summed E-state index contributed by atoms with van der Waals surface area (Å²) >= 11 is 7.84. The standard InChI is InChI=1S/C14H16ClN3S/c1-3-11(9-19-2)18-13-6-10(8-16)4-5-12(13)17-14(18)7-15/h4-6,11H,3,7,9H2,1-2H3. The number of benzene rings is 1. The number of halogens is 1. The highest BCUT2D eigenvalue weighted by molar-refractivity contribution is 7.98. The molecule has 0 spiro atoms. The quantitative estimate of drug-likeness (QED) is 0.784. The van der Waals surface area contributed by atoms with Gasteiger partial charge in [-0.05, 0) is 30.9 Å². The van der Waals surface area contributed by atoms with Crippen molar-refractivity contribution in [1.82, 2.24) is 9.55 Å². The van der Waals surface area contributed by atoms with Crippen molar-refractivity contribution in [2.75, 3.05) is 12.0 Å². The Hall–Kier alpha value is -1.18. The first-order valence-corrected chi connectivity index (χ1v) is 8.13. The molecule has 0 bridgehead atoms. The molecule has 0 radical (unpaired) electrons. The third kappa shape index (κ3) is 2.72. The van der Waals surface area contributed by atoms with E-state index >= 15 is 0 Å². The molecule has 0 N–H and O–H groups in total. The lowest BCUT2D eigenvalue weighted by Gasteiger charge is -2.19. The fourth-order valence-corrected chi connectivity index (χ4v) is 3.24. The molecule has 0 saturated carbocycles. The van der Waals surface area contributed by atoms with E-state index in [0.29, 0.717) is 17.5 Å². The highest BCUT2D eigenvalue weighted by Crippen LogP contribution is 2.27. The van der Waals surface area contributed by atoms with Gasteiger partial charge in [-0.25, -0.2) is 4.98 Å². The van der Waals surface area contributed by atoms with E-state index in [9.17, 15) is 0 Å². The van der Waals surface area contributed by atoms with E-state index in [1.165, 1.54) is 0 Å². The van der Waals surface area contributed by atoms with Crippen LogP contribution in [0.5, 0.6) is 0 Å². The number of imidazole rings is 1. The van der Waals surface area contributed by atoms with E-state index in [1.54, 1.807) is 6.07 Å². The number of hydrogen-bond donors (Lipinski definition) is 0. The van der Waals surface area contributed by atoms with Gasteiger partial charge in [0, 0.05) is 11.8 Å². The molecule has 19 heavy (non-hydrogen) atoms. The predicted molar refractivity (Wildman–Crippen MR) is 81.7 cm³/mol. The van der Waals surface area contributed by atoms with Gasteiger partial charge in [-0.15, -0.1) is 11.6 Å². The van der Waals surface area contributed by atoms with Gasteiger partial charge in [-0.2, -0.15) is 17.0 Å². The molecule has 1 aromatic heterocycles. The number of thioether (sulfide) groups is 1. The van der Waals surface area contributed by atoms with Crippen molar-refractivity contribution >= 4 is 34.4 Å². The number of rotatable bonds is 5. The lowest BCUT2D eigenvalue weighted by atomic mass is 10.2. The predicted octanol–water partition coefficient (Wildman–Crippen LogP) is 3.96. The monoisotopic (exact) mass is 293 g/mol. The normalized spacial score (nSPS) is 12.5. The summed E-state index contributed by atoms with van der Waals surface area (Å²) in [5.74, 6) is 2.29. The Morgan fingerprint density at radius 1 is 1.53 bits per heavy atom. The van der Waals surface area contributed by atoms with E-state index in [0.717, 1.165) is 29.0 Å². The highest BCUT2D eigenvalue weighted by atomic mass is 35.5. The van der Waals surface area contributed by atoms with Gasteiger partial charge in [0.1, 0.15) is 5.82 Å². The lowest BCUT2D eigenvalue weighted by molar-refractivity contribution is 0.538. The zero-order valence-electron chi connectivity index (χ0n) is 11.1. The van der Waals surface area contributed by atoms with Gasteiger partial charge in [0.05, 0.1) is 28.5 Å². The topological polar surface area (TPSA) is 41.6 Å². The first-order valence-electron chi connectivity index (χ1n) is 6.21. The summed E-state index contributed by atoms with van der Waals surface area (Å²) < 4.78 is 2.19. The van der Waals surface area contributed by atoms with Crippen molar-refractivity contribution in [2.24, 2.45) is 0 Å². The van der Waals surface area contributed by atoms with Crippen molar-refractivity contribution in [3.63, 3.8) is 0 Å². The average Bonchev–Trinajstić information content (AvgIpc) is 2.82. The Balaban J connectivity index is 2.64. The molecule has 1 aromatic carbocycles. The van der Waals surface area contributed by atoms with Crippen LogP contribution in [0.3, 0.4) is 0 Å². The molecule has 3 nitrogen and oxygen atoms in total. The first kappa shape index (κ1) is 14.2.